The lowest BCUT2D eigenvalue weighted by Crippen LogP contribution is -2.10. The molecule has 0 spiro atoms. The van der Waals surface area contributed by atoms with Crippen LogP contribution < -0.4 is 0 Å². The van der Waals surface area contributed by atoms with E-state index in [9.17, 15) is 0 Å². The Hall–Kier alpha value is -2.93. The predicted molar refractivity (Wildman–Crippen MR) is 124 cm³/mol. The summed E-state index contributed by atoms with van der Waals surface area (Å²) in [6.07, 6.45) is 0. The molecule has 0 radical (unpaired) electrons. The molecule has 0 aliphatic rings. The van der Waals surface area contributed by atoms with Crippen LogP contribution in [-0.4, -0.2) is 25.0 Å². The maximum Gasteiger partial charge on any atom is 0.247 e. The first-order valence-electron chi connectivity index (χ1n) is 10.5. The summed E-state index contributed by atoms with van der Waals surface area (Å²) >= 11 is 1.57. The van der Waals surface area contributed by atoms with Crippen molar-refractivity contribution in [2.45, 2.75) is 57.0 Å². The molecule has 0 aliphatic carbocycles. The molecule has 2 aromatic heterocycles. The molecule has 4 rings (SSSR count). The third-order valence-electron chi connectivity index (χ3n) is 5.13. The van der Waals surface area contributed by atoms with E-state index in [0.717, 1.165) is 28.7 Å². The first-order valence-corrected chi connectivity index (χ1v) is 11.3. The van der Waals surface area contributed by atoms with Gasteiger partial charge in [-0.2, -0.15) is 0 Å². The lowest BCUT2D eigenvalue weighted by Gasteiger charge is -2.19. The third kappa shape index (κ3) is 4.56. The number of hydrogen-bond donors (Lipinski definition) is 0. The van der Waals surface area contributed by atoms with Gasteiger partial charge in [-0.15, -0.1) is 20.4 Å². The molecule has 1 atom stereocenters. The number of rotatable bonds is 6. The van der Waals surface area contributed by atoms with E-state index in [1.165, 1.54) is 5.56 Å². The largest absolute Gasteiger partial charge is 0.419 e. The van der Waals surface area contributed by atoms with Gasteiger partial charge < -0.3 is 8.98 Å². The van der Waals surface area contributed by atoms with Crippen molar-refractivity contribution in [2.24, 2.45) is 0 Å². The number of aromatic nitrogens is 5. The van der Waals surface area contributed by atoms with Crippen molar-refractivity contribution >= 4 is 11.8 Å². The quantitative estimate of drug-likeness (QED) is 0.339. The Kier molecular flexibility index (Phi) is 5.96. The summed E-state index contributed by atoms with van der Waals surface area (Å²) in [7, 11) is 0. The van der Waals surface area contributed by atoms with Gasteiger partial charge in [-0.3, -0.25) is 0 Å². The molecule has 0 bridgehead atoms. The standard InChI is InChI=1S/C24H27N5OS/c1-6-29-20(17-12-14-19(15-13-17)24(3,4)5)25-28-23(29)31-16(2)21-26-27-22(30-21)18-10-8-7-9-11-18/h7-16H,6H2,1-5H3. The molecular weight excluding hydrogens is 406 g/mol. The Balaban J connectivity index is 1.55. The second kappa shape index (κ2) is 8.67. The third-order valence-corrected chi connectivity index (χ3v) is 6.20. The van der Waals surface area contributed by atoms with Gasteiger partial charge in [0.2, 0.25) is 11.8 Å². The first kappa shape index (κ1) is 21.3. The van der Waals surface area contributed by atoms with E-state index < -0.39 is 0 Å². The van der Waals surface area contributed by atoms with Gasteiger partial charge in [-0.25, -0.2) is 0 Å². The van der Waals surface area contributed by atoms with Crippen LogP contribution in [0.3, 0.4) is 0 Å². The number of nitrogens with zero attached hydrogens (tertiary/aromatic N) is 5. The van der Waals surface area contributed by atoms with Crippen molar-refractivity contribution in [1.82, 2.24) is 25.0 Å². The van der Waals surface area contributed by atoms with Gasteiger partial charge in [0.15, 0.2) is 11.0 Å². The minimum atomic E-state index is -0.0458. The van der Waals surface area contributed by atoms with Crippen molar-refractivity contribution in [2.75, 3.05) is 0 Å². The molecule has 0 fully saturated rings. The van der Waals surface area contributed by atoms with E-state index in [0.29, 0.717) is 11.8 Å². The molecule has 0 amide bonds. The Labute approximate surface area is 187 Å². The molecule has 31 heavy (non-hydrogen) atoms. The Morgan fingerprint density at radius 1 is 0.903 bits per heavy atom. The monoisotopic (exact) mass is 433 g/mol. The fourth-order valence-corrected chi connectivity index (χ4v) is 4.24. The molecular formula is C24H27N5OS. The summed E-state index contributed by atoms with van der Waals surface area (Å²) in [5.41, 5.74) is 3.39. The zero-order valence-electron chi connectivity index (χ0n) is 18.5. The Morgan fingerprint density at radius 2 is 1.61 bits per heavy atom. The van der Waals surface area contributed by atoms with Crippen LogP contribution >= 0.6 is 11.8 Å². The average Bonchev–Trinajstić information content (AvgIpc) is 3.41. The first-order chi connectivity index (χ1) is 14.9. The molecule has 160 valence electrons. The molecule has 0 saturated heterocycles. The zero-order chi connectivity index (χ0) is 22.0. The summed E-state index contributed by atoms with van der Waals surface area (Å²) < 4.78 is 8.04. The smallest absolute Gasteiger partial charge is 0.247 e. The summed E-state index contributed by atoms with van der Waals surface area (Å²) in [6.45, 7) is 11.6. The normalized spacial score (nSPS) is 12.8. The average molecular weight is 434 g/mol. The van der Waals surface area contributed by atoms with Crippen LogP contribution in [0.4, 0.5) is 0 Å². The Morgan fingerprint density at radius 3 is 2.26 bits per heavy atom. The molecule has 6 nitrogen and oxygen atoms in total. The van der Waals surface area contributed by atoms with Crippen molar-refractivity contribution in [3.8, 4) is 22.8 Å². The van der Waals surface area contributed by atoms with Crippen LogP contribution in [0.25, 0.3) is 22.8 Å². The topological polar surface area (TPSA) is 69.6 Å². The maximum atomic E-state index is 5.91. The Bertz CT molecular complexity index is 1140. The number of hydrogen-bond acceptors (Lipinski definition) is 6. The molecule has 2 aromatic carbocycles. The summed E-state index contributed by atoms with van der Waals surface area (Å²) in [4.78, 5) is 0. The van der Waals surface area contributed by atoms with Crippen molar-refractivity contribution in [3.63, 3.8) is 0 Å². The van der Waals surface area contributed by atoms with Crippen LogP contribution in [0.15, 0.2) is 64.2 Å². The second-order valence-corrected chi connectivity index (χ2v) is 9.76. The molecule has 0 N–H and O–H groups in total. The van der Waals surface area contributed by atoms with Gasteiger partial charge in [-0.1, -0.05) is 75.0 Å². The van der Waals surface area contributed by atoms with E-state index in [2.05, 4.69) is 76.9 Å². The lowest BCUT2D eigenvalue weighted by molar-refractivity contribution is 0.508. The highest BCUT2D eigenvalue weighted by atomic mass is 32.2. The highest BCUT2D eigenvalue weighted by Crippen LogP contribution is 2.36. The molecule has 2 heterocycles. The maximum absolute atomic E-state index is 5.91. The van der Waals surface area contributed by atoms with Gasteiger partial charge in [0.25, 0.3) is 0 Å². The van der Waals surface area contributed by atoms with Crippen LogP contribution in [0.1, 0.15) is 51.3 Å². The van der Waals surface area contributed by atoms with E-state index in [1.807, 2.05) is 37.3 Å². The van der Waals surface area contributed by atoms with Crippen LogP contribution in [-0.2, 0) is 12.0 Å². The van der Waals surface area contributed by atoms with Gasteiger partial charge in [-0.05, 0) is 37.0 Å². The summed E-state index contributed by atoms with van der Waals surface area (Å²) in [6, 6.07) is 18.4. The molecule has 0 saturated carbocycles. The fourth-order valence-electron chi connectivity index (χ4n) is 3.30. The highest BCUT2D eigenvalue weighted by molar-refractivity contribution is 7.99. The van der Waals surface area contributed by atoms with Crippen molar-refractivity contribution in [3.05, 3.63) is 66.1 Å². The minimum Gasteiger partial charge on any atom is -0.419 e. The van der Waals surface area contributed by atoms with E-state index in [4.69, 9.17) is 4.42 Å². The minimum absolute atomic E-state index is 0.0458. The van der Waals surface area contributed by atoms with Crippen LogP contribution in [0.5, 0.6) is 0 Å². The SMILES string of the molecule is CCn1c(SC(C)c2nnc(-c3ccccc3)o2)nnc1-c1ccc(C(C)(C)C)cc1. The number of thioether (sulfide) groups is 1. The summed E-state index contributed by atoms with van der Waals surface area (Å²) in [5.74, 6) is 1.97. The highest BCUT2D eigenvalue weighted by Gasteiger charge is 2.21. The van der Waals surface area contributed by atoms with Gasteiger partial charge in [0, 0.05) is 17.7 Å². The molecule has 4 aromatic rings. The molecule has 0 aliphatic heterocycles. The van der Waals surface area contributed by atoms with E-state index in [1.54, 1.807) is 11.8 Å². The number of benzene rings is 2. The van der Waals surface area contributed by atoms with Crippen molar-refractivity contribution < 1.29 is 4.42 Å². The summed E-state index contributed by atoms with van der Waals surface area (Å²) in [5, 5.41) is 18.2. The van der Waals surface area contributed by atoms with Crippen LogP contribution in [0.2, 0.25) is 0 Å². The molecule has 1 unspecified atom stereocenters. The van der Waals surface area contributed by atoms with Gasteiger partial charge in [0.05, 0.1) is 5.25 Å². The predicted octanol–water partition coefficient (Wildman–Crippen LogP) is 6.17. The van der Waals surface area contributed by atoms with Gasteiger partial charge >= 0.3 is 0 Å². The van der Waals surface area contributed by atoms with E-state index in [-0.39, 0.29) is 10.7 Å². The van der Waals surface area contributed by atoms with Gasteiger partial charge in [0.1, 0.15) is 0 Å². The molecule has 7 heteroatoms. The van der Waals surface area contributed by atoms with E-state index >= 15 is 0 Å². The fraction of sp³-hybridized carbons (Fsp3) is 0.333. The van der Waals surface area contributed by atoms with Crippen LogP contribution in [0, 0.1) is 0 Å². The zero-order valence-corrected chi connectivity index (χ0v) is 19.3. The lowest BCUT2D eigenvalue weighted by atomic mass is 9.87. The van der Waals surface area contributed by atoms with Crippen molar-refractivity contribution in [1.29, 1.82) is 0 Å². The second-order valence-electron chi connectivity index (χ2n) is 8.45.